The maximum atomic E-state index is 12.1. The van der Waals surface area contributed by atoms with E-state index in [1.54, 1.807) is 13.8 Å². The van der Waals surface area contributed by atoms with E-state index < -0.39 is 5.97 Å². The van der Waals surface area contributed by atoms with E-state index >= 15 is 0 Å². The van der Waals surface area contributed by atoms with Gasteiger partial charge in [-0.1, -0.05) is 6.42 Å². The Bertz CT molecular complexity index is 605. The van der Waals surface area contributed by atoms with Crippen LogP contribution < -0.4 is 10.6 Å². The fourth-order valence-corrected chi connectivity index (χ4v) is 3.41. The monoisotopic (exact) mass is 324 g/mol. The Morgan fingerprint density at radius 1 is 1.32 bits per heavy atom. The quantitative estimate of drug-likeness (QED) is 0.814. The topological polar surface area (TPSA) is 84.5 Å². The average molecular weight is 324 g/mol. The van der Waals surface area contributed by atoms with Crippen LogP contribution in [0.1, 0.15) is 51.8 Å². The maximum Gasteiger partial charge on any atom is 0.341 e. The molecule has 7 heteroatoms. The normalized spacial score (nSPS) is 14.1. The van der Waals surface area contributed by atoms with E-state index in [2.05, 4.69) is 10.6 Å². The summed E-state index contributed by atoms with van der Waals surface area (Å²) < 4.78 is 5.04. The van der Waals surface area contributed by atoms with Crippen molar-refractivity contribution in [3.63, 3.8) is 0 Å². The van der Waals surface area contributed by atoms with Crippen LogP contribution in [0.4, 0.5) is 5.00 Å². The summed E-state index contributed by atoms with van der Waals surface area (Å²) in [6, 6.07) is 0. The van der Waals surface area contributed by atoms with Gasteiger partial charge < -0.3 is 15.4 Å². The minimum Gasteiger partial charge on any atom is -0.462 e. The predicted molar refractivity (Wildman–Crippen MR) is 84.4 cm³/mol. The van der Waals surface area contributed by atoms with Gasteiger partial charge in [-0.2, -0.15) is 0 Å². The molecule has 0 aliphatic heterocycles. The van der Waals surface area contributed by atoms with Crippen LogP contribution in [0.2, 0.25) is 0 Å². The largest absolute Gasteiger partial charge is 0.462 e. The van der Waals surface area contributed by atoms with Crippen LogP contribution >= 0.6 is 11.3 Å². The third-order valence-electron chi connectivity index (χ3n) is 3.77. The van der Waals surface area contributed by atoms with Gasteiger partial charge in [0.15, 0.2) is 0 Å². The molecule has 2 amide bonds. The fraction of sp³-hybridized carbons (Fsp3) is 0.533. The zero-order valence-electron chi connectivity index (χ0n) is 12.9. The van der Waals surface area contributed by atoms with E-state index in [-0.39, 0.29) is 29.9 Å². The van der Waals surface area contributed by atoms with Crippen molar-refractivity contribution in [3.8, 4) is 0 Å². The van der Waals surface area contributed by atoms with Crippen LogP contribution in [0.5, 0.6) is 0 Å². The number of carbonyl (C=O) groups is 3. The lowest BCUT2D eigenvalue weighted by atomic mass is 9.85. The van der Waals surface area contributed by atoms with Crippen LogP contribution in [-0.2, 0) is 9.53 Å². The van der Waals surface area contributed by atoms with Crippen molar-refractivity contribution in [2.45, 2.75) is 33.1 Å². The number of ether oxygens (including phenoxy) is 1. The lowest BCUT2D eigenvalue weighted by molar-refractivity contribution is -0.122. The number of hydrogen-bond donors (Lipinski definition) is 2. The molecule has 2 N–H and O–H groups in total. The zero-order valence-corrected chi connectivity index (χ0v) is 13.8. The van der Waals surface area contributed by atoms with Crippen molar-refractivity contribution in [2.24, 2.45) is 5.92 Å². The van der Waals surface area contributed by atoms with Gasteiger partial charge in [-0.05, 0) is 32.3 Å². The van der Waals surface area contributed by atoms with E-state index in [0.717, 1.165) is 30.6 Å². The molecule has 0 atom stereocenters. The second kappa shape index (κ2) is 6.91. The zero-order chi connectivity index (χ0) is 16.3. The third kappa shape index (κ3) is 3.14. The van der Waals surface area contributed by atoms with Gasteiger partial charge in [0.05, 0.1) is 17.0 Å². The highest BCUT2D eigenvalue weighted by Gasteiger charge is 2.30. The summed E-state index contributed by atoms with van der Waals surface area (Å²) in [7, 11) is 1.53. The molecular weight excluding hydrogens is 304 g/mol. The molecular formula is C15H20N2O4S. The molecule has 1 aromatic rings. The Morgan fingerprint density at radius 3 is 2.50 bits per heavy atom. The van der Waals surface area contributed by atoms with Crippen LogP contribution in [-0.4, -0.2) is 31.4 Å². The van der Waals surface area contributed by atoms with Gasteiger partial charge in [0.25, 0.3) is 5.91 Å². The van der Waals surface area contributed by atoms with Crippen LogP contribution in [0.3, 0.4) is 0 Å². The molecule has 1 saturated carbocycles. The highest BCUT2D eigenvalue weighted by molar-refractivity contribution is 7.18. The lowest BCUT2D eigenvalue weighted by Gasteiger charge is -2.23. The van der Waals surface area contributed by atoms with Crippen molar-refractivity contribution in [1.29, 1.82) is 0 Å². The van der Waals surface area contributed by atoms with Gasteiger partial charge in [-0.3, -0.25) is 9.59 Å². The molecule has 2 rings (SSSR count). The molecule has 6 nitrogen and oxygen atoms in total. The smallest absolute Gasteiger partial charge is 0.341 e. The highest BCUT2D eigenvalue weighted by Crippen LogP contribution is 2.35. The van der Waals surface area contributed by atoms with E-state index in [9.17, 15) is 14.4 Å². The van der Waals surface area contributed by atoms with Crippen molar-refractivity contribution in [3.05, 3.63) is 16.0 Å². The van der Waals surface area contributed by atoms with Gasteiger partial charge in [-0.15, -0.1) is 11.3 Å². The average Bonchev–Trinajstić information content (AvgIpc) is 2.72. The molecule has 0 radical (unpaired) electrons. The van der Waals surface area contributed by atoms with Gasteiger partial charge in [0.1, 0.15) is 5.00 Å². The molecule has 0 bridgehead atoms. The number of amides is 2. The number of anilines is 1. The summed E-state index contributed by atoms with van der Waals surface area (Å²) in [5.74, 6) is -0.894. The summed E-state index contributed by atoms with van der Waals surface area (Å²) in [6.07, 6.45) is 2.79. The summed E-state index contributed by atoms with van der Waals surface area (Å²) in [5.41, 5.74) is 0.810. The van der Waals surface area contributed by atoms with Crippen LogP contribution in [0, 0.1) is 12.8 Å². The Labute approximate surface area is 133 Å². The number of carbonyl (C=O) groups excluding carboxylic acids is 3. The molecule has 0 spiro atoms. The number of esters is 1. The maximum absolute atomic E-state index is 12.1. The van der Waals surface area contributed by atoms with Crippen LogP contribution in [0.25, 0.3) is 0 Å². The number of thiophene rings is 1. The summed E-state index contributed by atoms with van der Waals surface area (Å²) >= 11 is 1.11. The number of rotatable bonds is 5. The van der Waals surface area contributed by atoms with Crippen molar-refractivity contribution in [2.75, 3.05) is 19.0 Å². The van der Waals surface area contributed by atoms with Gasteiger partial charge in [0.2, 0.25) is 5.91 Å². The molecule has 22 heavy (non-hydrogen) atoms. The molecule has 1 aliphatic rings. The van der Waals surface area contributed by atoms with Crippen molar-refractivity contribution >= 4 is 34.1 Å². The Hall–Kier alpha value is -1.89. The van der Waals surface area contributed by atoms with Crippen molar-refractivity contribution in [1.82, 2.24) is 5.32 Å². The van der Waals surface area contributed by atoms with Gasteiger partial charge >= 0.3 is 5.97 Å². The molecule has 0 saturated heterocycles. The summed E-state index contributed by atoms with van der Waals surface area (Å²) in [6.45, 7) is 3.64. The Kier molecular flexibility index (Phi) is 5.18. The minimum absolute atomic E-state index is 0.000836. The van der Waals surface area contributed by atoms with Gasteiger partial charge in [0, 0.05) is 13.0 Å². The first-order valence-corrected chi connectivity index (χ1v) is 8.14. The molecule has 1 aliphatic carbocycles. The number of nitrogens with one attached hydrogen (secondary N) is 2. The summed E-state index contributed by atoms with van der Waals surface area (Å²) in [4.78, 5) is 36.6. The Morgan fingerprint density at radius 2 is 2.00 bits per heavy atom. The third-order valence-corrected chi connectivity index (χ3v) is 4.98. The minimum atomic E-state index is -0.518. The second-order valence-corrected chi connectivity index (χ2v) is 6.20. The first-order valence-electron chi connectivity index (χ1n) is 7.33. The van der Waals surface area contributed by atoms with Crippen molar-refractivity contribution < 1.29 is 19.1 Å². The fourth-order valence-electron chi connectivity index (χ4n) is 2.27. The van der Waals surface area contributed by atoms with E-state index in [1.165, 1.54) is 7.05 Å². The van der Waals surface area contributed by atoms with Crippen LogP contribution in [0.15, 0.2) is 0 Å². The molecule has 1 aromatic heterocycles. The lowest BCUT2D eigenvalue weighted by Crippen LogP contribution is -2.28. The molecule has 120 valence electrons. The van der Waals surface area contributed by atoms with E-state index in [4.69, 9.17) is 4.74 Å². The predicted octanol–water partition coefficient (Wildman–Crippen LogP) is 2.33. The number of hydrogen-bond acceptors (Lipinski definition) is 5. The van der Waals surface area contributed by atoms with E-state index in [1.807, 2.05) is 0 Å². The standard InChI is InChI=1S/C15H20N2O4S/c1-4-21-15(20)10-8(2)11(13(19)16-3)22-14(10)17-12(18)9-6-5-7-9/h9H,4-7H2,1-3H3,(H,16,19)(H,17,18). The molecule has 1 fully saturated rings. The highest BCUT2D eigenvalue weighted by atomic mass is 32.1. The second-order valence-electron chi connectivity index (χ2n) is 5.18. The Balaban J connectivity index is 2.34. The SMILES string of the molecule is CCOC(=O)c1c(NC(=O)C2CCC2)sc(C(=O)NC)c1C. The van der Waals surface area contributed by atoms with Gasteiger partial charge in [-0.25, -0.2) is 4.79 Å². The molecule has 0 aromatic carbocycles. The molecule has 0 unspecified atom stereocenters. The first kappa shape index (κ1) is 16.5. The first-order chi connectivity index (χ1) is 10.5. The van der Waals surface area contributed by atoms with E-state index in [0.29, 0.717) is 15.4 Å². The molecule has 1 heterocycles. The summed E-state index contributed by atoms with van der Waals surface area (Å²) in [5, 5.41) is 5.72.